The largest absolute Gasteiger partial charge is 0.443 e. The number of nitrogens with zero attached hydrogens (tertiary/aromatic N) is 1. The molecule has 86 valence electrons. The third-order valence-electron chi connectivity index (χ3n) is 1.90. The van der Waals surface area contributed by atoms with E-state index in [2.05, 4.69) is 10.3 Å². The van der Waals surface area contributed by atoms with Crippen LogP contribution in [0.15, 0.2) is 6.20 Å². The Morgan fingerprint density at radius 2 is 2.20 bits per heavy atom. The summed E-state index contributed by atoms with van der Waals surface area (Å²) < 4.78 is 36.7. The zero-order valence-electron chi connectivity index (χ0n) is 8.56. The predicted molar refractivity (Wildman–Crippen MR) is 53.9 cm³/mol. The van der Waals surface area contributed by atoms with Crippen LogP contribution in [0.4, 0.5) is 13.2 Å². The third kappa shape index (κ3) is 3.79. The molecule has 1 aromatic rings. The number of alkyl halides is 3. The van der Waals surface area contributed by atoms with E-state index >= 15 is 0 Å². The average molecular weight is 238 g/mol. The first kappa shape index (κ1) is 12.4. The van der Waals surface area contributed by atoms with Gasteiger partial charge < -0.3 is 5.32 Å². The van der Waals surface area contributed by atoms with Crippen molar-refractivity contribution in [3.05, 3.63) is 16.1 Å². The second kappa shape index (κ2) is 4.94. The van der Waals surface area contributed by atoms with E-state index in [1.807, 2.05) is 14.0 Å². The van der Waals surface area contributed by atoms with Gasteiger partial charge in [-0.05, 0) is 25.9 Å². The summed E-state index contributed by atoms with van der Waals surface area (Å²) >= 11 is 0.730. The minimum absolute atomic E-state index is 0.316. The van der Waals surface area contributed by atoms with Crippen molar-refractivity contribution in [2.45, 2.75) is 19.5 Å². The van der Waals surface area contributed by atoms with Crippen LogP contribution < -0.4 is 5.32 Å². The van der Waals surface area contributed by atoms with Crippen LogP contribution in [0.5, 0.6) is 0 Å². The fraction of sp³-hybridized carbons (Fsp3) is 0.667. The number of aromatic nitrogens is 1. The standard InChI is InChI=1S/C9H13F3N2S/c1-6(4-13-2)3-7-5-14-8(15-7)9(10,11)12/h5-6,13H,3-4H2,1-2H3. The van der Waals surface area contributed by atoms with Crippen molar-refractivity contribution in [3.63, 3.8) is 0 Å². The highest BCUT2D eigenvalue weighted by Crippen LogP contribution is 2.32. The zero-order chi connectivity index (χ0) is 11.5. The number of rotatable bonds is 4. The van der Waals surface area contributed by atoms with E-state index in [1.165, 1.54) is 6.20 Å². The highest BCUT2D eigenvalue weighted by Gasteiger charge is 2.34. The maximum Gasteiger partial charge on any atom is 0.443 e. The molecule has 0 saturated carbocycles. The van der Waals surface area contributed by atoms with Crippen LogP contribution in [-0.4, -0.2) is 18.6 Å². The van der Waals surface area contributed by atoms with E-state index in [0.717, 1.165) is 17.9 Å². The SMILES string of the molecule is CNCC(C)Cc1cnc(C(F)(F)F)s1. The summed E-state index contributed by atoms with van der Waals surface area (Å²) in [6, 6.07) is 0. The van der Waals surface area contributed by atoms with Gasteiger partial charge in [0.1, 0.15) is 0 Å². The Kier molecular flexibility index (Phi) is 4.10. The van der Waals surface area contributed by atoms with Crippen LogP contribution in [0.1, 0.15) is 16.8 Å². The van der Waals surface area contributed by atoms with E-state index in [0.29, 0.717) is 17.2 Å². The van der Waals surface area contributed by atoms with Crippen LogP contribution >= 0.6 is 11.3 Å². The molecule has 1 N–H and O–H groups in total. The van der Waals surface area contributed by atoms with Crippen molar-refractivity contribution in [3.8, 4) is 0 Å². The first-order valence-electron chi connectivity index (χ1n) is 4.60. The fourth-order valence-electron chi connectivity index (χ4n) is 1.30. The summed E-state index contributed by atoms with van der Waals surface area (Å²) in [6.07, 6.45) is -2.36. The molecule has 0 aliphatic rings. The summed E-state index contributed by atoms with van der Waals surface area (Å²) in [5.41, 5.74) is 0. The Hall–Kier alpha value is -0.620. The third-order valence-corrected chi connectivity index (χ3v) is 2.96. The lowest BCUT2D eigenvalue weighted by Crippen LogP contribution is -2.17. The van der Waals surface area contributed by atoms with Crippen molar-refractivity contribution in [1.82, 2.24) is 10.3 Å². The van der Waals surface area contributed by atoms with Gasteiger partial charge in [0.15, 0.2) is 5.01 Å². The first-order valence-corrected chi connectivity index (χ1v) is 5.41. The molecule has 0 aliphatic heterocycles. The van der Waals surface area contributed by atoms with Gasteiger partial charge in [0.2, 0.25) is 0 Å². The number of nitrogens with one attached hydrogen (secondary N) is 1. The Morgan fingerprint density at radius 1 is 1.53 bits per heavy atom. The predicted octanol–water partition coefficient (Wildman–Crippen LogP) is 2.56. The Morgan fingerprint density at radius 3 is 2.67 bits per heavy atom. The van der Waals surface area contributed by atoms with Gasteiger partial charge in [0.25, 0.3) is 0 Å². The average Bonchev–Trinajstić information content (AvgIpc) is 2.52. The van der Waals surface area contributed by atoms with Crippen LogP contribution in [0, 0.1) is 5.92 Å². The molecule has 0 spiro atoms. The van der Waals surface area contributed by atoms with Gasteiger partial charge in [-0.2, -0.15) is 13.2 Å². The molecule has 1 unspecified atom stereocenters. The highest BCUT2D eigenvalue weighted by molar-refractivity contribution is 7.11. The van der Waals surface area contributed by atoms with Gasteiger partial charge in [-0.1, -0.05) is 6.92 Å². The Bertz CT molecular complexity index is 309. The first-order chi connectivity index (χ1) is 6.93. The van der Waals surface area contributed by atoms with E-state index < -0.39 is 11.2 Å². The molecule has 15 heavy (non-hydrogen) atoms. The maximum absolute atomic E-state index is 12.2. The monoisotopic (exact) mass is 238 g/mol. The van der Waals surface area contributed by atoms with Crippen LogP contribution in [-0.2, 0) is 12.6 Å². The smallest absolute Gasteiger partial charge is 0.319 e. The second-order valence-corrected chi connectivity index (χ2v) is 4.61. The molecule has 0 bridgehead atoms. The van der Waals surface area contributed by atoms with Crippen molar-refractivity contribution in [1.29, 1.82) is 0 Å². The molecule has 1 atom stereocenters. The van der Waals surface area contributed by atoms with Gasteiger partial charge in [-0.3, -0.25) is 0 Å². The van der Waals surface area contributed by atoms with Gasteiger partial charge in [-0.15, -0.1) is 11.3 Å². The minimum Gasteiger partial charge on any atom is -0.319 e. The summed E-state index contributed by atoms with van der Waals surface area (Å²) in [5.74, 6) is 0.316. The van der Waals surface area contributed by atoms with Gasteiger partial charge in [0, 0.05) is 11.1 Å². The molecule has 0 amide bonds. The van der Waals surface area contributed by atoms with E-state index in [-0.39, 0.29) is 0 Å². The Balaban J connectivity index is 2.61. The summed E-state index contributed by atoms with van der Waals surface area (Å²) in [5, 5.41) is 2.23. The lowest BCUT2D eigenvalue weighted by atomic mass is 10.1. The van der Waals surface area contributed by atoms with Gasteiger partial charge in [-0.25, -0.2) is 4.98 Å². The number of hydrogen-bond donors (Lipinski definition) is 1. The lowest BCUT2D eigenvalue weighted by molar-refractivity contribution is -0.137. The van der Waals surface area contributed by atoms with Crippen LogP contribution in [0.25, 0.3) is 0 Å². The quantitative estimate of drug-likeness (QED) is 0.872. The molecule has 0 radical (unpaired) electrons. The summed E-state index contributed by atoms with van der Waals surface area (Å²) in [4.78, 5) is 4.06. The molecule has 1 rings (SSSR count). The molecule has 0 saturated heterocycles. The molecule has 6 heteroatoms. The van der Waals surface area contributed by atoms with Crippen molar-refractivity contribution in [2.75, 3.05) is 13.6 Å². The van der Waals surface area contributed by atoms with Crippen molar-refractivity contribution in [2.24, 2.45) is 5.92 Å². The number of thiazole rings is 1. The van der Waals surface area contributed by atoms with E-state index in [1.54, 1.807) is 0 Å². The molecule has 1 aromatic heterocycles. The molecule has 2 nitrogen and oxygen atoms in total. The van der Waals surface area contributed by atoms with Crippen molar-refractivity contribution >= 4 is 11.3 Å². The highest BCUT2D eigenvalue weighted by atomic mass is 32.1. The second-order valence-electron chi connectivity index (χ2n) is 3.50. The molecule has 0 aromatic carbocycles. The molecule has 0 aliphatic carbocycles. The van der Waals surface area contributed by atoms with E-state index in [4.69, 9.17) is 0 Å². The van der Waals surface area contributed by atoms with Gasteiger partial charge >= 0.3 is 6.18 Å². The Labute approximate surface area is 90.5 Å². The van der Waals surface area contributed by atoms with Crippen LogP contribution in [0.3, 0.4) is 0 Å². The topological polar surface area (TPSA) is 24.9 Å². The minimum atomic E-state index is -4.31. The molecule has 1 heterocycles. The molecule has 0 fully saturated rings. The zero-order valence-corrected chi connectivity index (χ0v) is 9.37. The molecular weight excluding hydrogens is 225 g/mol. The lowest BCUT2D eigenvalue weighted by Gasteiger charge is -2.07. The summed E-state index contributed by atoms with van der Waals surface area (Å²) in [7, 11) is 1.82. The normalized spacial score (nSPS) is 14.2. The molecular formula is C9H13F3N2S. The van der Waals surface area contributed by atoms with E-state index in [9.17, 15) is 13.2 Å². The maximum atomic E-state index is 12.2. The summed E-state index contributed by atoms with van der Waals surface area (Å²) in [6.45, 7) is 2.78. The van der Waals surface area contributed by atoms with Gasteiger partial charge in [0.05, 0.1) is 0 Å². The number of halogens is 3. The van der Waals surface area contributed by atoms with Crippen molar-refractivity contribution < 1.29 is 13.2 Å². The number of hydrogen-bond acceptors (Lipinski definition) is 3. The fourth-order valence-corrected chi connectivity index (χ4v) is 2.24. The van der Waals surface area contributed by atoms with Crippen LogP contribution in [0.2, 0.25) is 0 Å².